The highest BCUT2D eigenvalue weighted by molar-refractivity contribution is 7.86. The maximum absolute atomic E-state index is 13.2. The SMILES string of the molecule is CN(C)S(=O)(=O)N1CCC(c2nn(Cc3ccccc3)c(=O)n2-c2cccs2)CC1. The summed E-state index contributed by atoms with van der Waals surface area (Å²) >= 11 is 1.49. The normalized spacial score (nSPS) is 16.4. The van der Waals surface area contributed by atoms with Gasteiger partial charge in [-0.3, -0.25) is 0 Å². The van der Waals surface area contributed by atoms with Gasteiger partial charge in [0, 0.05) is 33.1 Å². The first kappa shape index (κ1) is 21.0. The molecule has 1 aliphatic rings. The van der Waals surface area contributed by atoms with Gasteiger partial charge >= 0.3 is 5.69 Å². The number of hydrogen-bond donors (Lipinski definition) is 0. The average Bonchev–Trinajstić information content (AvgIpc) is 3.37. The lowest BCUT2D eigenvalue weighted by Gasteiger charge is -2.32. The van der Waals surface area contributed by atoms with E-state index >= 15 is 0 Å². The molecule has 0 radical (unpaired) electrons. The number of thiophene rings is 1. The molecule has 0 aliphatic carbocycles. The topological polar surface area (TPSA) is 80.4 Å². The van der Waals surface area contributed by atoms with Crippen LogP contribution in [-0.4, -0.2) is 58.6 Å². The van der Waals surface area contributed by atoms with Crippen LogP contribution >= 0.6 is 11.3 Å². The van der Waals surface area contributed by atoms with E-state index in [0.717, 1.165) is 10.6 Å². The van der Waals surface area contributed by atoms with Crippen molar-refractivity contribution in [1.29, 1.82) is 0 Å². The van der Waals surface area contributed by atoms with Gasteiger partial charge in [0.05, 0.1) is 6.54 Å². The van der Waals surface area contributed by atoms with Crippen LogP contribution in [0.5, 0.6) is 0 Å². The van der Waals surface area contributed by atoms with Gasteiger partial charge in [-0.25, -0.2) is 14.0 Å². The molecule has 0 unspecified atom stereocenters. The average molecular weight is 448 g/mol. The molecule has 0 N–H and O–H groups in total. The van der Waals surface area contributed by atoms with Gasteiger partial charge in [-0.05, 0) is 35.9 Å². The van der Waals surface area contributed by atoms with Crippen LogP contribution in [0.25, 0.3) is 5.00 Å². The van der Waals surface area contributed by atoms with Gasteiger partial charge in [0.25, 0.3) is 10.2 Å². The van der Waals surface area contributed by atoms with Crippen molar-refractivity contribution in [3.8, 4) is 5.00 Å². The van der Waals surface area contributed by atoms with Crippen molar-refractivity contribution in [3.63, 3.8) is 0 Å². The van der Waals surface area contributed by atoms with Gasteiger partial charge in [0.2, 0.25) is 0 Å². The first-order valence-electron chi connectivity index (χ1n) is 9.83. The Balaban J connectivity index is 1.65. The van der Waals surface area contributed by atoms with Gasteiger partial charge in [-0.1, -0.05) is 30.3 Å². The summed E-state index contributed by atoms with van der Waals surface area (Å²) in [6.07, 6.45) is 1.25. The molecule has 10 heteroatoms. The minimum atomic E-state index is -3.43. The number of nitrogens with zero attached hydrogens (tertiary/aromatic N) is 5. The van der Waals surface area contributed by atoms with E-state index in [4.69, 9.17) is 5.10 Å². The van der Waals surface area contributed by atoms with Crippen molar-refractivity contribution in [2.45, 2.75) is 25.3 Å². The van der Waals surface area contributed by atoms with E-state index < -0.39 is 10.2 Å². The first-order chi connectivity index (χ1) is 14.4. The monoisotopic (exact) mass is 447 g/mol. The van der Waals surface area contributed by atoms with Crippen LogP contribution < -0.4 is 5.69 Å². The number of aromatic nitrogens is 3. The summed E-state index contributed by atoms with van der Waals surface area (Å²) in [7, 11) is -0.342. The van der Waals surface area contributed by atoms with Crippen molar-refractivity contribution in [2.24, 2.45) is 0 Å². The molecule has 1 fully saturated rings. The third kappa shape index (κ3) is 4.00. The van der Waals surface area contributed by atoms with E-state index in [1.54, 1.807) is 18.7 Å². The summed E-state index contributed by atoms with van der Waals surface area (Å²) in [4.78, 5) is 13.2. The summed E-state index contributed by atoms with van der Waals surface area (Å²) in [5.74, 6) is 0.728. The van der Waals surface area contributed by atoms with Crippen molar-refractivity contribution in [2.75, 3.05) is 27.2 Å². The molecule has 30 heavy (non-hydrogen) atoms. The lowest BCUT2D eigenvalue weighted by atomic mass is 9.97. The summed E-state index contributed by atoms with van der Waals surface area (Å²) < 4.78 is 30.8. The minimum Gasteiger partial charge on any atom is -0.246 e. The predicted molar refractivity (Wildman–Crippen MR) is 117 cm³/mol. The predicted octanol–water partition coefficient (Wildman–Crippen LogP) is 2.13. The van der Waals surface area contributed by atoms with Gasteiger partial charge in [-0.2, -0.15) is 22.1 Å². The summed E-state index contributed by atoms with van der Waals surface area (Å²) in [5.41, 5.74) is 0.841. The molecular weight excluding hydrogens is 422 g/mol. The minimum absolute atomic E-state index is 0.0189. The van der Waals surface area contributed by atoms with Crippen LogP contribution in [-0.2, 0) is 16.8 Å². The van der Waals surface area contributed by atoms with E-state index in [-0.39, 0.29) is 11.6 Å². The maximum Gasteiger partial charge on any atom is 0.351 e. The molecule has 0 atom stereocenters. The van der Waals surface area contributed by atoms with E-state index in [1.165, 1.54) is 24.6 Å². The highest BCUT2D eigenvalue weighted by Gasteiger charge is 2.33. The van der Waals surface area contributed by atoms with Crippen LogP contribution in [0.15, 0.2) is 52.6 Å². The van der Waals surface area contributed by atoms with Gasteiger partial charge in [0.15, 0.2) is 0 Å². The molecule has 1 saturated heterocycles. The molecular formula is C20H25N5O3S2. The van der Waals surface area contributed by atoms with Gasteiger partial charge in [-0.15, -0.1) is 11.3 Å². The summed E-state index contributed by atoms with van der Waals surface area (Å²) in [6, 6.07) is 13.6. The second-order valence-corrected chi connectivity index (χ2v) is 10.6. The number of piperidine rings is 1. The molecule has 4 rings (SSSR count). The Morgan fingerprint density at radius 1 is 1.10 bits per heavy atom. The van der Waals surface area contributed by atoms with Crippen molar-refractivity contribution < 1.29 is 8.42 Å². The van der Waals surface area contributed by atoms with Gasteiger partial charge < -0.3 is 0 Å². The third-order valence-electron chi connectivity index (χ3n) is 5.37. The second-order valence-electron chi connectivity index (χ2n) is 7.53. The molecule has 2 aromatic heterocycles. The van der Waals surface area contributed by atoms with E-state index in [0.29, 0.717) is 38.3 Å². The molecule has 1 aliphatic heterocycles. The zero-order valence-electron chi connectivity index (χ0n) is 17.0. The summed E-state index contributed by atoms with van der Waals surface area (Å²) in [5, 5.41) is 7.47. The van der Waals surface area contributed by atoms with Crippen LogP contribution in [0.2, 0.25) is 0 Å². The van der Waals surface area contributed by atoms with Crippen LogP contribution in [0.1, 0.15) is 30.1 Å². The summed E-state index contributed by atoms with van der Waals surface area (Å²) in [6.45, 7) is 1.23. The number of rotatable bonds is 6. The molecule has 3 aromatic rings. The molecule has 0 spiro atoms. The lowest BCUT2D eigenvalue weighted by Crippen LogP contribution is -2.44. The molecule has 0 amide bonds. The second kappa shape index (κ2) is 8.46. The van der Waals surface area contributed by atoms with Crippen molar-refractivity contribution >= 4 is 21.5 Å². The molecule has 3 heterocycles. The Kier molecular flexibility index (Phi) is 5.92. The fourth-order valence-electron chi connectivity index (χ4n) is 3.73. The lowest BCUT2D eigenvalue weighted by molar-refractivity contribution is 0.295. The van der Waals surface area contributed by atoms with E-state index in [9.17, 15) is 13.2 Å². The number of hydrogen-bond acceptors (Lipinski definition) is 5. The Labute approximate surface area is 180 Å². The fraction of sp³-hybridized carbons (Fsp3) is 0.400. The molecule has 0 bridgehead atoms. The van der Waals surface area contributed by atoms with Gasteiger partial charge in [0.1, 0.15) is 10.8 Å². The smallest absolute Gasteiger partial charge is 0.246 e. The Morgan fingerprint density at radius 3 is 2.40 bits per heavy atom. The highest BCUT2D eigenvalue weighted by atomic mass is 32.2. The Morgan fingerprint density at radius 2 is 1.80 bits per heavy atom. The first-order valence-corrected chi connectivity index (χ1v) is 12.1. The Bertz CT molecular complexity index is 1140. The zero-order chi connectivity index (χ0) is 21.3. The number of benzene rings is 1. The van der Waals surface area contributed by atoms with Crippen LogP contribution in [0.4, 0.5) is 0 Å². The highest BCUT2D eigenvalue weighted by Crippen LogP contribution is 2.30. The molecule has 0 saturated carbocycles. The maximum atomic E-state index is 13.2. The molecule has 1 aromatic carbocycles. The van der Waals surface area contributed by atoms with E-state index in [1.807, 2.05) is 47.8 Å². The molecule has 8 nitrogen and oxygen atoms in total. The fourth-order valence-corrected chi connectivity index (χ4v) is 5.59. The standard InChI is InChI=1S/C20H25N5O3S2/c1-22(2)30(27,28)23-12-10-17(11-13-23)19-21-24(15-16-7-4-3-5-8-16)20(26)25(19)18-9-6-14-29-18/h3-9,14,17H,10-13,15H2,1-2H3. The van der Waals surface area contributed by atoms with Crippen LogP contribution in [0.3, 0.4) is 0 Å². The largest absolute Gasteiger partial charge is 0.351 e. The van der Waals surface area contributed by atoms with Crippen molar-refractivity contribution in [1.82, 2.24) is 23.0 Å². The zero-order valence-corrected chi connectivity index (χ0v) is 18.6. The van der Waals surface area contributed by atoms with E-state index in [2.05, 4.69) is 0 Å². The van der Waals surface area contributed by atoms with Crippen molar-refractivity contribution in [3.05, 3.63) is 69.7 Å². The Hall–Kier alpha value is -2.27. The third-order valence-corrected chi connectivity index (χ3v) is 8.17. The molecule has 160 valence electrons. The quantitative estimate of drug-likeness (QED) is 0.580. The van der Waals surface area contributed by atoms with Crippen LogP contribution in [0, 0.1) is 0 Å².